The molecule has 25 heavy (non-hydrogen) atoms. The highest BCUT2D eigenvalue weighted by atomic mass is 16.5. The number of likely N-dealkylation sites (tertiary alicyclic amines) is 1. The van der Waals surface area contributed by atoms with Crippen LogP contribution in [0.5, 0.6) is 0 Å². The fourth-order valence-electron chi connectivity index (χ4n) is 2.98. The van der Waals surface area contributed by atoms with E-state index in [0.29, 0.717) is 6.61 Å². The zero-order valence-electron chi connectivity index (χ0n) is 15.5. The van der Waals surface area contributed by atoms with Gasteiger partial charge >= 0.3 is 5.97 Å². The highest BCUT2D eigenvalue weighted by molar-refractivity contribution is 5.80. The fourth-order valence-corrected chi connectivity index (χ4v) is 2.98. The smallest absolute Gasteiger partial charge is 0.308 e. The molecule has 138 valence electrons. The van der Waals surface area contributed by atoms with E-state index in [2.05, 4.69) is 39.5 Å². The molecule has 1 saturated heterocycles. The Morgan fingerprint density at radius 2 is 1.88 bits per heavy atom. The molecule has 0 unspecified atom stereocenters. The van der Waals surface area contributed by atoms with Crippen molar-refractivity contribution in [3.8, 4) is 0 Å². The van der Waals surface area contributed by atoms with E-state index < -0.39 is 0 Å². The molecule has 2 rings (SSSR count). The summed E-state index contributed by atoms with van der Waals surface area (Å²) in [6, 6.07) is 8.41. The third kappa shape index (κ3) is 5.74. The van der Waals surface area contributed by atoms with E-state index in [4.69, 9.17) is 9.47 Å². The summed E-state index contributed by atoms with van der Waals surface area (Å²) in [6.45, 7) is 5.73. The molecule has 0 aliphatic carbocycles. The van der Waals surface area contributed by atoms with E-state index in [1.54, 1.807) is 7.05 Å². The van der Waals surface area contributed by atoms with Crippen LogP contribution in [-0.2, 0) is 27.4 Å². The van der Waals surface area contributed by atoms with Gasteiger partial charge in [-0.1, -0.05) is 24.3 Å². The number of benzene rings is 1. The minimum atomic E-state index is -0.102. The first-order valence-corrected chi connectivity index (χ1v) is 8.87. The van der Waals surface area contributed by atoms with E-state index in [0.717, 1.165) is 45.0 Å². The number of nitrogens with one attached hydrogen (secondary N) is 1. The molecule has 0 saturated carbocycles. The second-order valence-electron chi connectivity index (χ2n) is 6.14. The van der Waals surface area contributed by atoms with Crippen molar-refractivity contribution in [1.29, 1.82) is 0 Å². The van der Waals surface area contributed by atoms with Crippen molar-refractivity contribution < 1.29 is 14.3 Å². The lowest BCUT2D eigenvalue weighted by Gasteiger charge is -2.33. The van der Waals surface area contributed by atoms with Crippen molar-refractivity contribution in [2.24, 2.45) is 10.9 Å². The molecule has 6 nitrogen and oxygen atoms in total. The quantitative estimate of drug-likeness (QED) is 0.485. The van der Waals surface area contributed by atoms with E-state index in [9.17, 15) is 4.79 Å². The van der Waals surface area contributed by atoms with E-state index in [1.165, 1.54) is 18.2 Å². The number of hydrogen-bond acceptors (Lipinski definition) is 4. The second-order valence-corrected chi connectivity index (χ2v) is 6.14. The van der Waals surface area contributed by atoms with Gasteiger partial charge in [0, 0.05) is 33.3 Å². The van der Waals surface area contributed by atoms with Crippen LogP contribution in [0.1, 0.15) is 30.9 Å². The topological polar surface area (TPSA) is 63.2 Å². The Bertz CT molecular complexity index is 564. The SMILES string of the molecule is CCOCc1ccc(CNC(=NC)N2CCC(C(=O)OC)CC2)cc1. The molecular formula is C19H29N3O3. The normalized spacial score (nSPS) is 16.0. The maximum Gasteiger partial charge on any atom is 0.308 e. The molecule has 1 fully saturated rings. The van der Waals surface area contributed by atoms with Gasteiger partial charge in [0.05, 0.1) is 19.6 Å². The summed E-state index contributed by atoms with van der Waals surface area (Å²) in [6.07, 6.45) is 1.61. The minimum Gasteiger partial charge on any atom is -0.469 e. The molecule has 1 aromatic rings. The molecule has 0 bridgehead atoms. The first-order valence-electron chi connectivity index (χ1n) is 8.87. The molecule has 1 aromatic carbocycles. The third-order valence-corrected chi connectivity index (χ3v) is 4.49. The van der Waals surface area contributed by atoms with Crippen LogP contribution in [0.2, 0.25) is 0 Å². The summed E-state index contributed by atoms with van der Waals surface area (Å²) in [4.78, 5) is 18.2. The summed E-state index contributed by atoms with van der Waals surface area (Å²) >= 11 is 0. The highest BCUT2D eigenvalue weighted by Gasteiger charge is 2.26. The van der Waals surface area contributed by atoms with Crippen molar-refractivity contribution in [3.63, 3.8) is 0 Å². The molecular weight excluding hydrogens is 318 g/mol. The lowest BCUT2D eigenvalue weighted by Crippen LogP contribution is -2.46. The van der Waals surface area contributed by atoms with Crippen molar-refractivity contribution in [2.75, 3.05) is 33.9 Å². The molecule has 6 heteroatoms. The largest absolute Gasteiger partial charge is 0.469 e. The number of carbonyl (C=O) groups excluding carboxylic acids is 1. The van der Waals surface area contributed by atoms with Crippen LogP contribution in [0.4, 0.5) is 0 Å². The van der Waals surface area contributed by atoms with Crippen molar-refractivity contribution in [1.82, 2.24) is 10.2 Å². The number of piperidine rings is 1. The van der Waals surface area contributed by atoms with Gasteiger partial charge in [0.15, 0.2) is 5.96 Å². The fraction of sp³-hybridized carbons (Fsp3) is 0.579. The zero-order valence-corrected chi connectivity index (χ0v) is 15.5. The number of aliphatic imine (C=N–C) groups is 1. The zero-order chi connectivity index (χ0) is 18.1. The van der Waals surface area contributed by atoms with E-state index in [1.807, 2.05) is 6.92 Å². The molecule has 0 aromatic heterocycles. The monoisotopic (exact) mass is 347 g/mol. The maximum absolute atomic E-state index is 11.6. The standard InChI is InChI=1S/C19H29N3O3/c1-4-25-14-16-7-5-15(6-8-16)13-21-19(20-2)22-11-9-17(10-12-22)18(23)24-3/h5-8,17H,4,9-14H2,1-3H3,(H,20,21). The number of ether oxygens (including phenoxy) is 2. The van der Waals surface area contributed by atoms with Gasteiger partial charge in [-0.25, -0.2) is 0 Å². The van der Waals surface area contributed by atoms with E-state index in [-0.39, 0.29) is 11.9 Å². The Hall–Kier alpha value is -2.08. The molecule has 1 aliphatic rings. The minimum absolute atomic E-state index is 0.0113. The van der Waals surface area contributed by atoms with E-state index >= 15 is 0 Å². The van der Waals surface area contributed by atoms with Gasteiger partial charge in [-0.05, 0) is 30.9 Å². The first kappa shape index (κ1) is 19.2. The highest BCUT2D eigenvalue weighted by Crippen LogP contribution is 2.18. The number of rotatable bonds is 6. The number of guanidine groups is 1. The van der Waals surface area contributed by atoms with Crippen LogP contribution < -0.4 is 5.32 Å². The molecule has 0 radical (unpaired) electrons. The summed E-state index contributed by atoms with van der Waals surface area (Å²) in [5.41, 5.74) is 2.38. The van der Waals surface area contributed by atoms with Crippen molar-refractivity contribution in [2.45, 2.75) is 32.9 Å². The van der Waals surface area contributed by atoms with Crippen LogP contribution in [0.25, 0.3) is 0 Å². The molecule has 0 spiro atoms. The van der Waals surface area contributed by atoms with Gasteiger partial charge in [-0.2, -0.15) is 0 Å². The van der Waals surface area contributed by atoms with Crippen LogP contribution >= 0.6 is 0 Å². The summed E-state index contributed by atoms with van der Waals surface area (Å²) < 4.78 is 10.3. The average molecular weight is 347 g/mol. The van der Waals surface area contributed by atoms with Gasteiger partial charge in [-0.15, -0.1) is 0 Å². The maximum atomic E-state index is 11.6. The second kappa shape index (κ2) is 10.0. The lowest BCUT2D eigenvalue weighted by atomic mass is 9.97. The van der Waals surface area contributed by atoms with Gasteiger partial charge in [0.25, 0.3) is 0 Å². The number of nitrogens with zero attached hydrogens (tertiary/aromatic N) is 2. The number of carbonyl (C=O) groups is 1. The molecule has 1 heterocycles. The predicted molar refractivity (Wildman–Crippen MR) is 98.3 cm³/mol. The van der Waals surface area contributed by atoms with Crippen LogP contribution in [0, 0.1) is 5.92 Å². The first-order chi connectivity index (χ1) is 12.2. The van der Waals surface area contributed by atoms with Gasteiger partial charge in [-0.3, -0.25) is 9.79 Å². The van der Waals surface area contributed by atoms with Gasteiger partial charge in [0.1, 0.15) is 0 Å². The molecule has 0 atom stereocenters. The average Bonchev–Trinajstić information content (AvgIpc) is 2.67. The molecule has 1 aliphatic heterocycles. The van der Waals surface area contributed by atoms with Crippen LogP contribution in [0.3, 0.4) is 0 Å². The number of methoxy groups -OCH3 is 1. The van der Waals surface area contributed by atoms with Gasteiger partial charge in [0.2, 0.25) is 0 Å². The predicted octanol–water partition coefficient (Wildman–Crippen LogP) is 2.18. The lowest BCUT2D eigenvalue weighted by molar-refractivity contribution is -0.146. The van der Waals surface area contributed by atoms with Crippen molar-refractivity contribution >= 4 is 11.9 Å². The van der Waals surface area contributed by atoms with Crippen LogP contribution in [-0.4, -0.2) is 50.7 Å². The summed E-state index contributed by atoms with van der Waals surface area (Å²) in [5, 5.41) is 3.40. The number of esters is 1. The Balaban J connectivity index is 1.81. The Morgan fingerprint density at radius 1 is 1.24 bits per heavy atom. The Labute approximate surface area is 150 Å². The summed E-state index contributed by atoms with van der Waals surface area (Å²) in [5.74, 6) is 0.786. The third-order valence-electron chi connectivity index (χ3n) is 4.49. The molecule has 0 amide bonds. The summed E-state index contributed by atoms with van der Waals surface area (Å²) in [7, 11) is 3.24. The van der Waals surface area contributed by atoms with Gasteiger partial charge < -0.3 is 19.7 Å². The Kier molecular flexibility index (Phi) is 7.73. The molecule has 1 N–H and O–H groups in total. The van der Waals surface area contributed by atoms with Crippen molar-refractivity contribution in [3.05, 3.63) is 35.4 Å². The number of hydrogen-bond donors (Lipinski definition) is 1. The Morgan fingerprint density at radius 3 is 2.44 bits per heavy atom. The van der Waals surface area contributed by atoms with Crippen LogP contribution in [0.15, 0.2) is 29.3 Å².